The average Bonchev–Trinajstić information content (AvgIpc) is 1.19. The lowest BCUT2D eigenvalue weighted by Gasteiger charge is -2.36. The molecule has 0 bridgehead atoms. The first kappa shape index (κ1) is 69.0. The molecule has 15 nitrogen and oxygen atoms in total. The number of ether oxygens (including phenoxy) is 9. The molecule has 0 saturated carbocycles. The van der Waals surface area contributed by atoms with Crippen LogP contribution in [0.4, 0.5) is 48.3 Å². The summed E-state index contributed by atoms with van der Waals surface area (Å²) in [6.07, 6.45) is -9.76. The van der Waals surface area contributed by atoms with Gasteiger partial charge in [-0.3, -0.25) is 0 Å². The summed E-state index contributed by atoms with van der Waals surface area (Å²) in [5.41, 5.74) is 41.1. The summed E-state index contributed by atoms with van der Waals surface area (Å²) in [6.45, 7) is 13.0. The molecular formula is C63H73F11N6O9. The predicted octanol–water partition coefficient (Wildman–Crippen LogP) is 13.9. The zero-order valence-electron chi connectivity index (χ0n) is 49.4. The monoisotopic (exact) mass is 1270 g/mol. The van der Waals surface area contributed by atoms with Crippen LogP contribution in [0, 0.1) is 11.6 Å². The summed E-state index contributed by atoms with van der Waals surface area (Å²) in [5.74, 6) is 1.68. The molecule has 486 valence electrons. The van der Waals surface area contributed by atoms with Crippen LogP contribution in [0.15, 0.2) is 109 Å². The third-order valence-corrected chi connectivity index (χ3v) is 14.4. The summed E-state index contributed by atoms with van der Waals surface area (Å²) in [4.78, 5) is 0. The van der Waals surface area contributed by atoms with E-state index in [4.69, 9.17) is 62.8 Å². The van der Waals surface area contributed by atoms with Gasteiger partial charge >= 0.3 is 19.1 Å². The number of nitrogens with two attached hydrogens (primary N) is 6. The zero-order valence-corrected chi connectivity index (χ0v) is 49.4. The minimum absolute atomic E-state index is 0.00523. The van der Waals surface area contributed by atoms with Gasteiger partial charge in [-0.2, -0.15) is 0 Å². The lowest BCUT2D eigenvalue weighted by Crippen LogP contribution is -2.37. The fourth-order valence-corrected chi connectivity index (χ4v) is 10.1. The number of hydrogen-bond donors (Lipinski definition) is 6. The van der Waals surface area contributed by atoms with Crippen molar-refractivity contribution in [2.75, 3.05) is 33.0 Å². The third kappa shape index (κ3) is 20.0. The molecule has 0 unspecified atom stereocenters. The Morgan fingerprint density at radius 3 is 1.27 bits per heavy atom. The maximum atomic E-state index is 12.9. The molecule has 6 aliphatic rings. The van der Waals surface area contributed by atoms with Crippen LogP contribution in [0.25, 0.3) is 0 Å². The van der Waals surface area contributed by atoms with Crippen molar-refractivity contribution < 1.29 is 90.9 Å². The molecule has 0 aromatic heterocycles. The number of rotatable bonds is 3. The summed E-state index contributed by atoms with van der Waals surface area (Å²) >= 11 is 0. The van der Waals surface area contributed by atoms with Gasteiger partial charge in [0.1, 0.15) is 57.5 Å². The Hall–Kier alpha value is -7.49. The molecule has 0 saturated heterocycles. The first-order chi connectivity index (χ1) is 41.6. The van der Waals surface area contributed by atoms with Gasteiger partial charge in [-0.15, -0.1) is 39.5 Å². The van der Waals surface area contributed by atoms with Crippen molar-refractivity contribution in [3.05, 3.63) is 160 Å². The van der Waals surface area contributed by atoms with Crippen molar-refractivity contribution in [1.29, 1.82) is 0 Å². The highest BCUT2D eigenvalue weighted by molar-refractivity contribution is 5.50. The van der Waals surface area contributed by atoms with Gasteiger partial charge in [-0.25, -0.2) is 8.78 Å². The predicted molar refractivity (Wildman–Crippen MR) is 309 cm³/mol. The average molecular weight is 1270 g/mol. The molecule has 6 atom stereocenters. The van der Waals surface area contributed by atoms with Crippen LogP contribution in [-0.2, 0) is 5.41 Å². The maximum Gasteiger partial charge on any atom is 0.573 e. The topological polar surface area (TPSA) is 239 Å². The molecule has 0 radical (unpaired) electrons. The van der Waals surface area contributed by atoms with E-state index in [9.17, 15) is 48.3 Å². The number of alkyl halides is 9. The molecule has 26 heteroatoms. The molecule has 0 fully saturated rings. The fraction of sp³-hybridized carbons (Fsp3) is 0.429. The molecular weight excluding hydrogens is 1190 g/mol. The smallest absolute Gasteiger partial charge is 0.493 e. The van der Waals surface area contributed by atoms with Gasteiger partial charge in [0.25, 0.3) is 0 Å². The number of hydrogen-bond acceptors (Lipinski definition) is 15. The van der Waals surface area contributed by atoms with Gasteiger partial charge < -0.3 is 77.0 Å². The molecule has 0 aliphatic carbocycles. The highest BCUT2D eigenvalue weighted by Crippen LogP contribution is 2.43. The minimum atomic E-state index is -4.72. The van der Waals surface area contributed by atoms with Crippen LogP contribution < -0.4 is 77.0 Å². The van der Waals surface area contributed by atoms with E-state index >= 15 is 0 Å². The normalized spacial score (nSPS) is 20.8. The van der Waals surface area contributed by atoms with Gasteiger partial charge in [0.15, 0.2) is 11.5 Å². The molecule has 12 rings (SSSR count). The van der Waals surface area contributed by atoms with E-state index in [0.29, 0.717) is 91.8 Å². The Labute approximate surface area is 507 Å². The molecule has 6 aliphatic heterocycles. The van der Waals surface area contributed by atoms with Gasteiger partial charge in [0.05, 0.1) is 33.0 Å². The van der Waals surface area contributed by atoms with Crippen molar-refractivity contribution in [3.63, 3.8) is 0 Å². The standard InChI is InChI=1S/C13H19NO.C11H14FNO.3C10H10F3NO2.C9H10FNO/c1-13(2,3)10-6-4-5-9-11(14)7-8-15-12(9)10;1-11(2)6-9(13)8-5-7(12)3-4-10(8)14-11;2*11-10(12,13)16-6-1-2-7-8(14)3-4-15-9(7)5-6;11-10(12,13)16-8-3-1-2-6-7(14)4-5-15-9(6)8;10-6-1-2-7-8(11)3-4-12-9(7)5-6/h4-6,11H,7-8,14H2,1-3H3;3-5,9H,6,13H2,1-2H3;2*1-2,5,8H,3-4,14H2;1-3,7H,4-5,14H2;1-2,5,8H,3-4,11H2/t11-;9-;2*8-;7-;8-/m101011/s1. The van der Waals surface area contributed by atoms with E-state index in [-0.39, 0.29) is 81.9 Å². The van der Waals surface area contributed by atoms with E-state index in [2.05, 4.69) is 53.2 Å². The van der Waals surface area contributed by atoms with Gasteiger partial charge in [-0.1, -0.05) is 69.3 Å². The largest absolute Gasteiger partial charge is 0.573 e. The number of para-hydroxylation sites is 2. The van der Waals surface area contributed by atoms with Gasteiger partial charge in [0, 0.05) is 126 Å². The highest BCUT2D eigenvalue weighted by atomic mass is 19.4. The van der Waals surface area contributed by atoms with Crippen molar-refractivity contribution in [2.45, 2.75) is 139 Å². The van der Waals surface area contributed by atoms with Crippen LogP contribution in [0.2, 0.25) is 0 Å². The second kappa shape index (κ2) is 29.0. The van der Waals surface area contributed by atoms with Crippen LogP contribution >= 0.6 is 0 Å². The lowest BCUT2D eigenvalue weighted by molar-refractivity contribution is -0.276. The van der Waals surface area contributed by atoms with Crippen LogP contribution in [0.5, 0.6) is 51.7 Å². The zero-order chi connectivity index (χ0) is 65.2. The van der Waals surface area contributed by atoms with E-state index in [0.717, 1.165) is 41.9 Å². The number of fused-ring (bicyclic) bond motifs is 6. The molecule has 0 spiro atoms. The van der Waals surface area contributed by atoms with E-state index < -0.39 is 19.1 Å². The number of benzene rings is 6. The molecule has 89 heavy (non-hydrogen) atoms. The molecule has 6 aromatic rings. The summed E-state index contributed by atoms with van der Waals surface area (Å²) in [6, 6.07) is 26.8. The minimum Gasteiger partial charge on any atom is -0.493 e. The first-order valence-electron chi connectivity index (χ1n) is 28.4. The first-order valence-corrected chi connectivity index (χ1v) is 28.4. The Morgan fingerprint density at radius 1 is 0.404 bits per heavy atom. The van der Waals surface area contributed by atoms with Crippen molar-refractivity contribution in [2.24, 2.45) is 34.4 Å². The van der Waals surface area contributed by atoms with Gasteiger partial charge in [0.2, 0.25) is 0 Å². The summed E-state index contributed by atoms with van der Waals surface area (Å²) in [5, 5.41) is 0. The quantitative estimate of drug-likeness (QED) is 0.0904. The number of halogens is 11. The SMILES string of the molecule is CC(C)(C)c1cccc2c1OCC[C@H]2N.CC1(C)C[C@H](N)c2cc(F)ccc2O1.N[C@@H]1CCOc2c(OC(F)(F)F)cccc21.N[C@@H]1CCOc2cc(F)ccc21.N[C@@H]1CCOc2cc(OC(F)(F)F)ccc21.N[C@H]1CCOc2cc(OC(F)(F)F)ccc21. The Balaban J connectivity index is 0.000000152. The van der Waals surface area contributed by atoms with E-state index in [1.54, 1.807) is 18.2 Å². The molecule has 6 aromatic carbocycles. The van der Waals surface area contributed by atoms with Crippen LogP contribution in [0.1, 0.15) is 148 Å². The van der Waals surface area contributed by atoms with Crippen molar-refractivity contribution in [3.8, 4) is 51.7 Å². The Morgan fingerprint density at radius 2 is 0.798 bits per heavy atom. The summed E-state index contributed by atoms with van der Waals surface area (Å²) < 4.78 is 177. The van der Waals surface area contributed by atoms with Gasteiger partial charge in [-0.05, 0) is 67.3 Å². The summed E-state index contributed by atoms with van der Waals surface area (Å²) in [7, 11) is 0. The van der Waals surface area contributed by atoms with E-state index in [1.807, 2.05) is 13.8 Å². The second-order valence-electron chi connectivity index (χ2n) is 22.9. The molecule has 12 N–H and O–H groups in total. The van der Waals surface area contributed by atoms with Crippen molar-refractivity contribution >= 4 is 0 Å². The Kier molecular flexibility index (Phi) is 22.5. The van der Waals surface area contributed by atoms with Crippen molar-refractivity contribution in [1.82, 2.24) is 0 Å². The highest BCUT2D eigenvalue weighted by Gasteiger charge is 2.36. The Bertz CT molecular complexity index is 3250. The maximum absolute atomic E-state index is 12.9. The molecule has 0 amide bonds. The molecule has 6 heterocycles. The van der Waals surface area contributed by atoms with E-state index in [1.165, 1.54) is 78.4 Å². The van der Waals surface area contributed by atoms with Crippen LogP contribution in [-0.4, -0.2) is 57.7 Å². The third-order valence-electron chi connectivity index (χ3n) is 14.4. The van der Waals surface area contributed by atoms with Crippen LogP contribution in [0.3, 0.4) is 0 Å². The second-order valence-corrected chi connectivity index (χ2v) is 22.9. The lowest BCUT2D eigenvalue weighted by atomic mass is 9.83. The fourth-order valence-electron chi connectivity index (χ4n) is 10.1.